The quantitative estimate of drug-likeness (QED) is 0.752. The Morgan fingerprint density at radius 3 is 1.92 bits per heavy atom. The van der Waals surface area contributed by atoms with Crippen LogP contribution in [0, 0.1) is 23.7 Å². The molecule has 0 amide bonds. The zero-order chi connectivity index (χ0) is 17.4. The Balaban J connectivity index is 2.02. The van der Waals surface area contributed by atoms with E-state index >= 15 is 0 Å². The van der Waals surface area contributed by atoms with E-state index in [-0.39, 0.29) is 17.6 Å². The Morgan fingerprint density at radius 2 is 1.46 bits per heavy atom. The Bertz CT molecular complexity index is 430. The van der Waals surface area contributed by atoms with E-state index in [1.807, 2.05) is 19.0 Å². The molecule has 2 saturated carbocycles. The number of hydrogen-bond acceptors (Lipinski definition) is 3. The summed E-state index contributed by atoms with van der Waals surface area (Å²) >= 11 is 0. The summed E-state index contributed by atoms with van der Waals surface area (Å²) in [6, 6.07) is 0. The molecule has 0 unspecified atom stereocenters. The monoisotopic (exact) mass is 333 g/mol. The van der Waals surface area contributed by atoms with Crippen LogP contribution in [-0.2, 0) is 4.79 Å². The van der Waals surface area contributed by atoms with E-state index in [1.54, 1.807) is 0 Å². The second-order valence-electron chi connectivity index (χ2n) is 8.01. The normalized spacial score (nSPS) is 20.7. The van der Waals surface area contributed by atoms with Gasteiger partial charge in [-0.05, 0) is 51.6 Å². The van der Waals surface area contributed by atoms with Crippen molar-refractivity contribution < 1.29 is 9.90 Å². The van der Waals surface area contributed by atoms with Gasteiger partial charge in [0.2, 0.25) is 0 Å². The predicted molar refractivity (Wildman–Crippen MR) is 98.7 cm³/mol. The molecule has 2 fully saturated rings. The van der Waals surface area contributed by atoms with Crippen molar-refractivity contribution in [2.45, 2.75) is 82.7 Å². The molecular formula is C21H35NO2. The van der Waals surface area contributed by atoms with Crippen LogP contribution in [0.3, 0.4) is 0 Å². The highest BCUT2D eigenvalue weighted by Gasteiger charge is 2.48. The highest BCUT2D eigenvalue weighted by Crippen LogP contribution is 2.44. The fourth-order valence-corrected chi connectivity index (χ4v) is 4.55. The van der Waals surface area contributed by atoms with Gasteiger partial charge in [0.1, 0.15) is 5.60 Å². The van der Waals surface area contributed by atoms with E-state index < -0.39 is 5.60 Å². The first kappa shape index (κ1) is 19.5. The van der Waals surface area contributed by atoms with E-state index in [1.165, 1.54) is 12.8 Å². The van der Waals surface area contributed by atoms with Gasteiger partial charge in [0.05, 0.1) is 6.54 Å². The molecule has 0 heterocycles. The minimum atomic E-state index is -1.08. The van der Waals surface area contributed by atoms with Crippen LogP contribution in [0.2, 0.25) is 0 Å². The lowest BCUT2D eigenvalue weighted by molar-refractivity contribution is -0.156. The number of carbonyl (C=O) groups excluding carboxylic acids is 1. The summed E-state index contributed by atoms with van der Waals surface area (Å²) in [6.45, 7) is 0.726. The van der Waals surface area contributed by atoms with Crippen LogP contribution >= 0.6 is 0 Å². The van der Waals surface area contributed by atoms with Gasteiger partial charge in [-0.25, -0.2) is 0 Å². The van der Waals surface area contributed by atoms with Crippen molar-refractivity contribution in [3.8, 4) is 11.8 Å². The summed E-state index contributed by atoms with van der Waals surface area (Å²) in [5, 5.41) is 11.6. The van der Waals surface area contributed by atoms with E-state index in [0.29, 0.717) is 12.8 Å². The van der Waals surface area contributed by atoms with Crippen LogP contribution < -0.4 is 0 Å². The summed E-state index contributed by atoms with van der Waals surface area (Å²) < 4.78 is 0. The molecule has 2 rings (SSSR count). The van der Waals surface area contributed by atoms with Crippen LogP contribution in [0.25, 0.3) is 0 Å². The third kappa shape index (κ3) is 5.07. The fourth-order valence-electron chi connectivity index (χ4n) is 4.55. The van der Waals surface area contributed by atoms with Crippen molar-refractivity contribution in [3.05, 3.63) is 0 Å². The number of hydrogen-bond donors (Lipinski definition) is 1. The van der Waals surface area contributed by atoms with E-state index in [4.69, 9.17) is 0 Å². The maximum Gasteiger partial charge on any atom is 0.165 e. The lowest BCUT2D eigenvalue weighted by Gasteiger charge is -2.44. The molecule has 2 aliphatic rings. The highest BCUT2D eigenvalue weighted by molar-refractivity contribution is 5.88. The lowest BCUT2D eigenvalue weighted by Crippen LogP contribution is -2.53. The first-order valence-corrected chi connectivity index (χ1v) is 9.91. The molecule has 0 radical (unpaired) electrons. The van der Waals surface area contributed by atoms with Crippen molar-refractivity contribution >= 4 is 5.78 Å². The molecule has 0 aliphatic heterocycles. The third-order valence-electron chi connectivity index (χ3n) is 5.90. The smallest absolute Gasteiger partial charge is 0.165 e. The summed E-state index contributed by atoms with van der Waals surface area (Å²) in [6.07, 6.45) is 12.2. The van der Waals surface area contributed by atoms with Gasteiger partial charge in [0.25, 0.3) is 0 Å². The summed E-state index contributed by atoms with van der Waals surface area (Å²) in [5.74, 6) is 6.62. The average Bonchev–Trinajstić information content (AvgIpc) is 2.61. The van der Waals surface area contributed by atoms with Gasteiger partial charge >= 0.3 is 0 Å². The number of Topliss-reactive ketones (excluding diaryl/α,β-unsaturated/α-hetero) is 1. The average molecular weight is 334 g/mol. The van der Waals surface area contributed by atoms with Gasteiger partial charge in [-0.15, -0.1) is 5.92 Å². The Morgan fingerprint density at radius 1 is 0.958 bits per heavy atom. The molecule has 0 aromatic heterocycles. The minimum Gasteiger partial charge on any atom is -0.381 e. The summed E-state index contributed by atoms with van der Waals surface area (Å²) in [5.41, 5.74) is -1.08. The third-order valence-corrected chi connectivity index (χ3v) is 5.90. The minimum absolute atomic E-state index is 0.0699. The van der Waals surface area contributed by atoms with Crippen LogP contribution in [0.1, 0.15) is 77.0 Å². The van der Waals surface area contributed by atoms with E-state index in [9.17, 15) is 9.90 Å². The zero-order valence-corrected chi connectivity index (χ0v) is 15.6. The predicted octanol–water partition coefficient (Wildman–Crippen LogP) is 3.79. The van der Waals surface area contributed by atoms with Crippen molar-refractivity contribution in [1.29, 1.82) is 0 Å². The van der Waals surface area contributed by atoms with Crippen molar-refractivity contribution in [1.82, 2.24) is 4.90 Å². The number of carbonyl (C=O) groups is 1. The topological polar surface area (TPSA) is 40.5 Å². The van der Waals surface area contributed by atoms with Gasteiger partial charge in [-0.3, -0.25) is 9.69 Å². The molecule has 0 bridgehead atoms. The number of nitrogens with zero attached hydrogens (tertiary/aromatic N) is 1. The maximum atomic E-state index is 13.0. The molecular weight excluding hydrogens is 298 g/mol. The van der Waals surface area contributed by atoms with Crippen molar-refractivity contribution in [2.75, 3.05) is 20.6 Å². The molecule has 2 aliphatic carbocycles. The molecule has 0 atom stereocenters. The summed E-state index contributed by atoms with van der Waals surface area (Å²) in [7, 11) is 3.98. The Kier molecular flexibility index (Phi) is 7.78. The molecule has 0 aromatic carbocycles. The number of ketones is 1. The number of aliphatic hydroxyl groups is 1. The molecule has 136 valence electrons. The molecule has 1 N–H and O–H groups in total. The maximum absolute atomic E-state index is 13.0. The zero-order valence-electron chi connectivity index (χ0n) is 15.6. The lowest BCUT2D eigenvalue weighted by atomic mass is 9.64. The van der Waals surface area contributed by atoms with Gasteiger partial charge in [-0.2, -0.15) is 0 Å². The van der Waals surface area contributed by atoms with Gasteiger partial charge in [0, 0.05) is 12.8 Å². The van der Waals surface area contributed by atoms with Gasteiger partial charge < -0.3 is 5.11 Å². The van der Waals surface area contributed by atoms with E-state index in [2.05, 4.69) is 11.8 Å². The Hall–Kier alpha value is -0.850. The van der Waals surface area contributed by atoms with Crippen molar-refractivity contribution in [2.24, 2.45) is 11.8 Å². The second-order valence-corrected chi connectivity index (χ2v) is 8.01. The fraction of sp³-hybridized carbons (Fsp3) is 0.857. The van der Waals surface area contributed by atoms with Crippen molar-refractivity contribution in [3.63, 3.8) is 0 Å². The molecule has 0 saturated heterocycles. The second kappa shape index (κ2) is 9.59. The molecule has 3 heteroatoms. The number of rotatable bonds is 6. The Labute approximate surface area is 148 Å². The summed E-state index contributed by atoms with van der Waals surface area (Å²) in [4.78, 5) is 15.1. The standard InChI is InChI=1S/C21H35NO2/c1-22(2)17-11-5-10-16-20(23)21(24,18-12-6-3-7-13-18)19-14-8-4-9-15-19/h18-19,24H,3-4,6-10,12-17H2,1-2H3. The van der Waals surface area contributed by atoms with Gasteiger partial charge in [0.15, 0.2) is 5.78 Å². The molecule has 3 nitrogen and oxygen atoms in total. The first-order chi connectivity index (χ1) is 11.5. The van der Waals surface area contributed by atoms with Gasteiger partial charge in [-0.1, -0.05) is 44.4 Å². The van der Waals surface area contributed by atoms with Crippen LogP contribution in [0.5, 0.6) is 0 Å². The molecule has 24 heavy (non-hydrogen) atoms. The van der Waals surface area contributed by atoms with E-state index in [0.717, 1.165) is 57.9 Å². The largest absolute Gasteiger partial charge is 0.381 e. The molecule has 0 aromatic rings. The highest BCUT2D eigenvalue weighted by atomic mass is 16.3. The first-order valence-electron chi connectivity index (χ1n) is 9.91. The SMILES string of the molecule is CN(C)CC#CCCC(=O)C(O)(C1CCCCC1)C1CCCCC1. The van der Waals surface area contributed by atoms with Crippen LogP contribution in [0.15, 0.2) is 0 Å². The van der Waals surface area contributed by atoms with Crippen LogP contribution in [-0.4, -0.2) is 42.0 Å². The van der Waals surface area contributed by atoms with Crippen LogP contribution in [0.4, 0.5) is 0 Å². The molecule has 0 spiro atoms.